The fourth-order valence-corrected chi connectivity index (χ4v) is 1.89. The van der Waals surface area contributed by atoms with Gasteiger partial charge in [0.05, 0.1) is 5.56 Å². The highest BCUT2D eigenvalue weighted by Crippen LogP contribution is 2.23. The van der Waals surface area contributed by atoms with E-state index in [1.165, 1.54) is 18.2 Å². The Hall–Kier alpha value is -2.70. The van der Waals surface area contributed by atoms with E-state index >= 15 is 0 Å². The summed E-state index contributed by atoms with van der Waals surface area (Å²) in [6.07, 6.45) is 0. The smallest absolute Gasteiger partial charge is 0.290 e. The van der Waals surface area contributed by atoms with Crippen molar-refractivity contribution in [1.29, 1.82) is 0 Å². The molecule has 1 amide bonds. The molecule has 1 heterocycles. The van der Waals surface area contributed by atoms with Crippen molar-refractivity contribution in [2.75, 3.05) is 5.73 Å². The standard InChI is InChI=1S/C13H13FN4O2/c1-2-18-13(20)10(15)9(12(16)19)11(17-18)7-4-3-5-8(14)6-7/h3-6H,2,15H2,1H3,(H2,16,19). The summed E-state index contributed by atoms with van der Waals surface area (Å²) in [7, 11) is 0. The highest BCUT2D eigenvalue weighted by molar-refractivity contribution is 6.03. The van der Waals surface area contributed by atoms with Gasteiger partial charge in [-0.15, -0.1) is 0 Å². The highest BCUT2D eigenvalue weighted by Gasteiger charge is 2.20. The zero-order valence-corrected chi connectivity index (χ0v) is 10.8. The summed E-state index contributed by atoms with van der Waals surface area (Å²) in [5, 5.41) is 4.04. The number of aryl methyl sites for hydroxylation is 1. The zero-order chi connectivity index (χ0) is 14.9. The van der Waals surface area contributed by atoms with Crippen molar-refractivity contribution >= 4 is 11.6 Å². The molecule has 0 aliphatic heterocycles. The first-order chi connectivity index (χ1) is 9.45. The second kappa shape index (κ2) is 5.12. The van der Waals surface area contributed by atoms with Crippen LogP contribution in [0.15, 0.2) is 29.1 Å². The Morgan fingerprint density at radius 3 is 2.70 bits per heavy atom. The lowest BCUT2D eigenvalue weighted by Gasteiger charge is -2.11. The van der Waals surface area contributed by atoms with E-state index in [0.717, 1.165) is 4.68 Å². The topological polar surface area (TPSA) is 104 Å². The first kappa shape index (κ1) is 13.7. The van der Waals surface area contributed by atoms with Gasteiger partial charge >= 0.3 is 0 Å². The van der Waals surface area contributed by atoms with Crippen molar-refractivity contribution < 1.29 is 9.18 Å². The summed E-state index contributed by atoms with van der Waals surface area (Å²) in [4.78, 5) is 23.4. The maximum absolute atomic E-state index is 13.3. The van der Waals surface area contributed by atoms with Crippen molar-refractivity contribution in [3.05, 3.63) is 46.0 Å². The van der Waals surface area contributed by atoms with Gasteiger partial charge in [-0.05, 0) is 19.1 Å². The third-order valence-corrected chi connectivity index (χ3v) is 2.84. The van der Waals surface area contributed by atoms with E-state index in [2.05, 4.69) is 5.10 Å². The minimum Gasteiger partial charge on any atom is -0.393 e. The van der Waals surface area contributed by atoms with E-state index in [9.17, 15) is 14.0 Å². The number of anilines is 1. The van der Waals surface area contributed by atoms with Crippen LogP contribution in [0, 0.1) is 5.82 Å². The number of primary amides is 1. The molecule has 6 nitrogen and oxygen atoms in total. The fraction of sp³-hybridized carbons (Fsp3) is 0.154. The molecule has 4 N–H and O–H groups in total. The van der Waals surface area contributed by atoms with Gasteiger partial charge in [0.25, 0.3) is 11.5 Å². The number of hydrogen-bond donors (Lipinski definition) is 2. The van der Waals surface area contributed by atoms with Crippen LogP contribution in [0.3, 0.4) is 0 Å². The van der Waals surface area contributed by atoms with Gasteiger partial charge in [-0.3, -0.25) is 9.59 Å². The largest absolute Gasteiger partial charge is 0.393 e. The average Bonchev–Trinajstić information content (AvgIpc) is 2.41. The lowest BCUT2D eigenvalue weighted by Crippen LogP contribution is -2.30. The molecule has 1 aromatic carbocycles. The van der Waals surface area contributed by atoms with Gasteiger partial charge < -0.3 is 11.5 Å². The van der Waals surface area contributed by atoms with Gasteiger partial charge in [0.1, 0.15) is 17.2 Å². The van der Waals surface area contributed by atoms with Crippen LogP contribution in [-0.2, 0) is 6.54 Å². The minimum atomic E-state index is -0.880. The van der Waals surface area contributed by atoms with E-state index in [4.69, 9.17) is 11.5 Å². The van der Waals surface area contributed by atoms with Crippen molar-refractivity contribution in [1.82, 2.24) is 9.78 Å². The molecule has 0 spiro atoms. The summed E-state index contributed by atoms with van der Waals surface area (Å²) in [6.45, 7) is 1.97. The van der Waals surface area contributed by atoms with Crippen molar-refractivity contribution in [3.8, 4) is 11.3 Å². The van der Waals surface area contributed by atoms with Gasteiger partial charge in [0.2, 0.25) is 0 Å². The number of carbonyl (C=O) groups is 1. The third kappa shape index (κ3) is 2.25. The van der Waals surface area contributed by atoms with Crippen LogP contribution in [0.25, 0.3) is 11.3 Å². The van der Waals surface area contributed by atoms with E-state index in [1.807, 2.05) is 0 Å². The molecule has 1 aromatic heterocycles. The number of benzene rings is 1. The maximum Gasteiger partial charge on any atom is 0.290 e. The number of halogens is 1. The number of hydrogen-bond acceptors (Lipinski definition) is 4. The molecule has 2 aromatic rings. The normalized spacial score (nSPS) is 10.5. The van der Waals surface area contributed by atoms with Crippen LogP contribution >= 0.6 is 0 Å². The van der Waals surface area contributed by atoms with Gasteiger partial charge in [-0.25, -0.2) is 9.07 Å². The second-order valence-corrected chi connectivity index (χ2v) is 4.13. The first-order valence-corrected chi connectivity index (χ1v) is 5.92. The zero-order valence-electron chi connectivity index (χ0n) is 10.8. The molecule has 0 fully saturated rings. The molecule has 0 saturated carbocycles. The molecule has 20 heavy (non-hydrogen) atoms. The van der Waals surface area contributed by atoms with Crippen LogP contribution < -0.4 is 17.0 Å². The van der Waals surface area contributed by atoms with Crippen molar-refractivity contribution in [3.63, 3.8) is 0 Å². The molecule has 0 aliphatic carbocycles. The van der Waals surface area contributed by atoms with E-state index in [-0.39, 0.29) is 23.5 Å². The van der Waals surface area contributed by atoms with Crippen LogP contribution in [-0.4, -0.2) is 15.7 Å². The Morgan fingerprint density at radius 1 is 1.45 bits per heavy atom. The van der Waals surface area contributed by atoms with Crippen LogP contribution in [0.2, 0.25) is 0 Å². The quantitative estimate of drug-likeness (QED) is 0.863. The third-order valence-electron chi connectivity index (χ3n) is 2.84. The SMILES string of the molecule is CCn1nc(-c2cccc(F)c2)c(C(N)=O)c(N)c1=O. The molecule has 0 atom stereocenters. The molecular formula is C13H13FN4O2. The number of carbonyl (C=O) groups excluding carboxylic acids is 1. The predicted molar refractivity (Wildman–Crippen MR) is 72.5 cm³/mol. The number of amides is 1. The summed E-state index contributed by atoms with van der Waals surface area (Å²) >= 11 is 0. The number of nitrogens with zero attached hydrogens (tertiary/aromatic N) is 2. The molecule has 0 unspecified atom stereocenters. The van der Waals surface area contributed by atoms with Crippen LogP contribution in [0.4, 0.5) is 10.1 Å². The van der Waals surface area contributed by atoms with Gasteiger partial charge in [-0.2, -0.15) is 5.10 Å². The van der Waals surface area contributed by atoms with Gasteiger partial charge in [0.15, 0.2) is 0 Å². The Labute approximate surface area is 113 Å². The molecule has 0 aliphatic rings. The number of nitrogen functional groups attached to an aromatic ring is 1. The highest BCUT2D eigenvalue weighted by atomic mass is 19.1. The maximum atomic E-state index is 13.3. The molecule has 2 rings (SSSR count). The summed E-state index contributed by atoms with van der Waals surface area (Å²) < 4.78 is 14.4. The number of nitrogens with two attached hydrogens (primary N) is 2. The Balaban J connectivity index is 2.84. The number of rotatable bonds is 3. The fourth-order valence-electron chi connectivity index (χ4n) is 1.89. The lowest BCUT2D eigenvalue weighted by molar-refractivity contribution is 0.100. The minimum absolute atomic E-state index is 0.0935. The summed E-state index contributed by atoms with van der Waals surface area (Å²) in [6, 6.07) is 5.47. The molecule has 0 bridgehead atoms. The molecule has 104 valence electrons. The Bertz CT molecular complexity index is 740. The van der Waals surface area contributed by atoms with Crippen molar-refractivity contribution in [2.24, 2.45) is 5.73 Å². The summed E-state index contributed by atoms with van der Waals surface area (Å²) in [5.41, 5.74) is 10.3. The lowest BCUT2D eigenvalue weighted by atomic mass is 10.0. The second-order valence-electron chi connectivity index (χ2n) is 4.13. The van der Waals surface area contributed by atoms with Crippen molar-refractivity contribution in [2.45, 2.75) is 13.5 Å². The monoisotopic (exact) mass is 276 g/mol. The average molecular weight is 276 g/mol. The predicted octanol–water partition coefficient (Wildman–Crippen LogP) is 0.750. The molecule has 0 radical (unpaired) electrons. The van der Waals surface area contributed by atoms with E-state index in [0.29, 0.717) is 5.56 Å². The molecule has 0 saturated heterocycles. The first-order valence-electron chi connectivity index (χ1n) is 5.92. The van der Waals surface area contributed by atoms with Gasteiger partial charge in [-0.1, -0.05) is 12.1 Å². The van der Waals surface area contributed by atoms with E-state index in [1.54, 1.807) is 13.0 Å². The van der Waals surface area contributed by atoms with Crippen LogP contribution in [0.5, 0.6) is 0 Å². The van der Waals surface area contributed by atoms with Crippen LogP contribution in [0.1, 0.15) is 17.3 Å². The molecule has 7 heteroatoms. The van der Waals surface area contributed by atoms with E-state index < -0.39 is 17.3 Å². The molecular weight excluding hydrogens is 263 g/mol. The Morgan fingerprint density at radius 2 is 2.15 bits per heavy atom. The van der Waals surface area contributed by atoms with Gasteiger partial charge in [0, 0.05) is 12.1 Å². The summed E-state index contributed by atoms with van der Waals surface area (Å²) in [5.74, 6) is -1.37. The number of aromatic nitrogens is 2. The Kier molecular flexibility index (Phi) is 3.51.